The molecule has 1 aromatic rings. The summed E-state index contributed by atoms with van der Waals surface area (Å²) in [5.74, 6) is -0.647. The summed E-state index contributed by atoms with van der Waals surface area (Å²) in [5, 5.41) is 18.2. The van der Waals surface area contributed by atoms with Crippen LogP contribution in [0.1, 0.15) is 48.8 Å². The molecule has 4 heteroatoms. The lowest BCUT2D eigenvalue weighted by Gasteiger charge is -2.14. The normalized spacial score (nSPS) is 18.2. The summed E-state index contributed by atoms with van der Waals surface area (Å²) in [6, 6.07) is 5.35. The number of halogens is 1. The van der Waals surface area contributed by atoms with E-state index in [2.05, 4.69) is 15.9 Å². The molecule has 1 atom stereocenters. The highest BCUT2D eigenvalue weighted by atomic mass is 79.9. The minimum Gasteiger partial charge on any atom is -0.479 e. The summed E-state index contributed by atoms with van der Waals surface area (Å²) in [6.45, 7) is 0. The maximum Gasteiger partial charge on any atom is 0.337 e. The molecule has 0 aromatic heterocycles. The average Bonchev–Trinajstić information content (AvgIpc) is 2.81. The van der Waals surface area contributed by atoms with Crippen LogP contribution in [0.3, 0.4) is 0 Å². The maximum atomic E-state index is 10.7. The van der Waals surface area contributed by atoms with Crippen molar-refractivity contribution in [2.45, 2.75) is 37.7 Å². The molecule has 0 saturated heterocycles. The Morgan fingerprint density at radius 1 is 1.35 bits per heavy atom. The predicted octanol–water partition coefficient (Wildman–Crippen LogP) is 3.22. The van der Waals surface area contributed by atoms with E-state index in [-0.39, 0.29) is 0 Å². The van der Waals surface area contributed by atoms with Crippen LogP contribution in [0.4, 0.5) is 0 Å². The zero-order valence-corrected chi connectivity index (χ0v) is 11.0. The van der Waals surface area contributed by atoms with Crippen molar-refractivity contribution in [1.82, 2.24) is 0 Å². The number of rotatable bonds is 3. The van der Waals surface area contributed by atoms with E-state index in [1.54, 1.807) is 12.1 Å². The first-order valence-electron chi connectivity index (χ1n) is 5.80. The van der Waals surface area contributed by atoms with Crippen LogP contribution in [0.2, 0.25) is 0 Å². The van der Waals surface area contributed by atoms with Gasteiger partial charge in [-0.25, -0.2) is 4.79 Å². The Bertz CT molecular complexity index is 425. The Labute approximate surface area is 109 Å². The maximum absolute atomic E-state index is 10.7. The molecule has 3 nitrogen and oxygen atoms in total. The van der Waals surface area contributed by atoms with E-state index in [0.29, 0.717) is 11.5 Å². The van der Waals surface area contributed by atoms with Gasteiger partial charge in [0.05, 0.1) is 0 Å². The third-order valence-electron chi connectivity index (χ3n) is 3.37. The molecule has 2 N–H and O–H groups in total. The van der Waals surface area contributed by atoms with Crippen LogP contribution in [0.5, 0.6) is 0 Å². The fourth-order valence-electron chi connectivity index (χ4n) is 2.42. The largest absolute Gasteiger partial charge is 0.479 e. The number of hydrogen-bond acceptors (Lipinski definition) is 2. The first kappa shape index (κ1) is 12.6. The summed E-state index contributed by atoms with van der Waals surface area (Å²) in [4.78, 5) is 10.7. The van der Waals surface area contributed by atoms with Gasteiger partial charge < -0.3 is 10.2 Å². The van der Waals surface area contributed by atoms with Gasteiger partial charge in [0.1, 0.15) is 0 Å². The lowest BCUT2D eigenvalue weighted by atomic mass is 9.96. The van der Waals surface area contributed by atoms with Crippen LogP contribution in [0.15, 0.2) is 22.7 Å². The van der Waals surface area contributed by atoms with Gasteiger partial charge in [-0.05, 0) is 36.0 Å². The Kier molecular flexibility index (Phi) is 3.84. The quantitative estimate of drug-likeness (QED) is 0.901. The number of carboxylic acid groups (broad SMARTS) is 1. The Morgan fingerprint density at radius 3 is 2.53 bits per heavy atom. The SMILES string of the molecule is O=C(O)C(O)c1ccc(C2CCCC2)c(Br)c1. The van der Waals surface area contributed by atoms with Crippen LogP contribution in [0, 0.1) is 0 Å². The van der Waals surface area contributed by atoms with Crippen LogP contribution in [-0.4, -0.2) is 16.2 Å². The molecule has 1 fully saturated rings. The fourth-order valence-corrected chi connectivity index (χ4v) is 3.14. The second kappa shape index (κ2) is 5.19. The molecule has 0 radical (unpaired) electrons. The van der Waals surface area contributed by atoms with Crippen molar-refractivity contribution in [2.24, 2.45) is 0 Å². The monoisotopic (exact) mass is 298 g/mol. The molecule has 2 rings (SSSR count). The van der Waals surface area contributed by atoms with Gasteiger partial charge in [0.15, 0.2) is 6.10 Å². The van der Waals surface area contributed by atoms with E-state index in [9.17, 15) is 9.90 Å². The van der Waals surface area contributed by atoms with E-state index in [0.717, 1.165) is 4.47 Å². The van der Waals surface area contributed by atoms with Gasteiger partial charge in [-0.3, -0.25) is 0 Å². The summed E-state index contributed by atoms with van der Waals surface area (Å²) < 4.78 is 0.905. The third kappa shape index (κ3) is 2.69. The summed E-state index contributed by atoms with van der Waals surface area (Å²) in [6.07, 6.45) is 3.47. The van der Waals surface area contributed by atoms with Crippen molar-refractivity contribution in [3.63, 3.8) is 0 Å². The minimum absolute atomic E-state index is 0.422. The van der Waals surface area contributed by atoms with E-state index < -0.39 is 12.1 Å². The van der Waals surface area contributed by atoms with Crippen molar-refractivity contribution in [1.29, 1.82) is 0 Å². The molecule has 0 bridgehead atoms. The van der Waals surface area contributed by atoms with E-state index in [1.165, 1.54) is 31.2 Å². The molecule has 1 saturated carbocycles. The second-order valence-corrected chi connectivity index (χ2v) is 5.36. The molecule has 0 spiro atoms. The van der Waals surface area contributed by atoms with Gasteiger partial charge in [0.2, 0.25) is 0 Å². The van der Waals surface area contributed by atoms with Crippen LogP contribution < -0.4 is 0 Å². The number of carbonyl (C=O) groups is 1. The van der Waals surface area contributed by atoms with E-state index in [4.69, 9.17) is 5.11 Å². The molecule has 1 unspecified atom stereocenters. The topological polar surface area (TPSA) is 57.5 Å². The zero-order chi connectivity index (χ0) is 12.4. The van der Waals surface area contributed by atoms with Crippen molar-refractivity contribution < 1.29 is 15.0 Å². The Balaban J connectivity index is 2.25. The van der Waals surface area contributed by atoms with E-state index in [1.807, 2.05) is 6.07 Å². The molecule has 1 aliphatic rings. The first-order chi connectivity index (χ1) is 8.09. The molecule has 0 heterocycles. The molecule has 17 heavy (non-hydrogen) atoms. The first-order valence-corrected chi connectivity index (χ1v) is 6.59. The Morgan fingerprint density at radius 2 is 2.00 bits per heavy atom. The number of carboxylic acids is 1. The van der Waals surface area contributed by atoms with Crippen LogP contribution in [-0.2, 0) is 4.79 Å². The second-order valence-electron chi connectivity index (χ2n) is 4.50. The van der Waals surface area contributed by atoms with Crippen molar-refractivity contribution in [3.05, 3.63) is 33.8 Å². The minimum atomic E-state index is -1.44. The van der Waals surface area contributed by atoms with Gasteiger partial charge in [0.25, 0.3) is 0 Å². The summed E-state index contributed by atoms with van der Waals surface area (Å²) in [5.41, 5.74) is 1.65. The summed E-state index contributed by atoms with van der Waals surface area (Å²) >= 11 is 3.47. The number of aliphatic hydroxyl groups is 1. The summed E-state index contributed by atoms with van der Waals surface area (Å²) in [7, 11) is 0. The molecular weight excluding hydrogens is 284 g/mol. The van der Waals surface area contributed by atoms with Crippen LogP contribution >= 0.6 is 15.9 Å². The molecular formula is C13H15BrO3. The number of aliphatic carboxylic acids is 1. The lowest BCUT2D eigenvalue weighted by molar-refractivity contribution is -0.146. The van der Waals surface area contributed by atoms with Crippen LogP contribution in [0.25, 0.3) is 0 Å². The molecule has 0 aliphatic heterocycles. The number of aliphatic hydroxyl groups excluding tert-OH is 1. The zero-order valence-electron chi connectivity index (χ0n) is 9.40. The van der Waals surface area contributed by atoms with E-state index >= 15 is 0 Å². The van der Waals surface area contributed by atoms with Gasteiger partial charge >= 0.3 is 5.97 Å². The standard InChI is InChI=1S/C13H15BrO3/c14-11-7-9(12(15)13(16)17)5-6-10(11)8-3-1-2-4-8/h5-8,12,15H,1-4H2,(H,16,17). The third-order valence-corrected chi connectivity index (χ3v) is 4.06. The van der Waals surface area contributed by atoms with Crippen molar-refractivity contribution >= 4 is 21.9 Å². The van der Waals surface area contributed by atoms with Gasteiger partial charge in [-0.15, -0.1) is 0 Å². The molecule has 92 valence electrons. The highest BCUT2D eigenvalue weighted by Gasteiger charge is 2.21. The average molecular weight is 299 g/mol. The predicted molar refractivity (Wildman–Crippen MR) is 67.9 cm³/mol. The smallest absolute Gasteiger partial charge is 0.337 e. The van der Waals surface area contributed by atoms with Gasteiger partial charge in [-0.2, -0.15) is 0 Å². The highest BCUT2D eigenvalue weighted by molar-refractivity contribution is 9.10. The number of hydrogen-bond donors (Lipinski definition) is 2. The fraction of sp³-hybridized carbons (Fsp3) is 0.462. The van der Waals surface area contributed by atoms with Crippen molar-refractivity contribution in [3.8, 4) is 0 Å². The Hall–Kier alpha value is -0.870. The lowest BCUT2D eigenvalue weighted by Crippen LogP contribution is -2.10. The molecule has 1 aromatic carbocycles. The van der Waals surface area contributed by atoms with Crippen molar-refractivity contribution in [2.75, 3.05) is 0 Å². The highest BCUT2D eigenvalue weighted by Crippen LogP contribution is 2.38. The van der Waals surface area contributed by atoms with Gasteiger partial charge in [0, 0.05) is 4.47 Å². The molecule has 0 amide bonds. The number of benzene rings is 1. The van der Waals surface area contributed by atoms with Gasteiger partial charge in [-0.1, -0.05) is 40.9 Å². The molecule has 1 aliphatic carbocycles.